The van der Waals surface area contributed by atoms with Gasteiger partial charge >= 0.3 is 0 Å². The Balaban J connectivity index is 1.85. The van der Waals surface area contributed by atoms with Crippen molar-refractivity contribution < 1.29 is 12.4 Å². The number of nitrogens with two attached hydrogens (primary N) is 1. The molecule has 0 bridgehead atoms. The van der Waals surface area contributed by atoms with Crippen molar-refractivity contribution in [2.75, 3.05) is 5.73 Å². The van der Waals surface area contributed by atoms with Crippen LogP contribution in [0, 0.1) is 6.92 Å². The summed E-state index contributed by atoms with van der Waals surface area (Å²) in [6, 6.07) is 6.09. The second kappa shape index (κ2) is 7.04. The van der Waals surface area contributed by atoms with E-state index in [1.54, 1.807) is 19.1 Å². The Morgan fingerprint density at radius 1 is 1.44 bits per heavy atom. The second-order valence-electron chi connectivity index (χ2n) is 5.30. The average molecular weight is 364 g/mol. The lowest BCUT2D eigenvalue weighted by Gasteiger charge is -2.08. The van der Waals surface area contributed by atoms with E-state index < -0.39 is 18.0 Å². The number of anilines is 1. The Hall–Kier alpha value is -2.71. The Bertz CT molecular complexity index is 1020. The summed E-state index contributed by atoms with van der Waals surface area (Å²) in [5.41, 5.74) is 6.12. The lowest BCUT2D eigenvalue weighted by atomic mass is 10.1. The molecule has 0 radical (unpaired) electrons. The molecule has 0 fully saturated rings. The third-order valence-corrected chi connectivity index (χ3v) is 3.78. The molecule has 0 aliphatic carbocycles. The molecule has 3 rings (SSSR count). The van der Waals surface area contributed by atoms with Crippen LogP contribution < -0.4 is 11.3 Å². The molecule has 0 aliphatic rings. The van der Waals surface area contributed by atoms with Gasteiger partial charge in [-0.1, -0.05) is 28.9 Å². The van der Waals surface area contributed by atoms with E-state index in [1.807, 2.05) is 0 Å². The third kappa shape index (κ3) is 3.86. The molecule has 0 saturated carbocycles. The van der Waals surface area contributed by atoms with Gasteiger partial charge in [-0.3, -0.25) is 4.79 Å². The number of hydrogen-bond donors (Lipinski definition) is 2. The van der Waals surface area contributed by atoms with Gasteiger partial charge in [0, 0.05) is 19.7 Å². The second-order valence-corrected chi connectivity index (χ2v) is 5.73. The van der Waals surface area contributed by atoms with Gasteiger partial charge in [-0.05, 0) is 24.6 Å². The highest BCUT2D eigenvalue weighted by Crippen LogP contribution is 2.19. The quantitative estimate of drug-likeness (QED) is 0.704. The SMILES string of the molecule is [2H]C([2H])(c1noc(Cn2ncc(N)c(C)c2=O)n1)[C@H](O)c1ccc(Cl)cc1. The average Bonchev–Trinajstić information content (AvgIpc) is 3.12. The number of rotatable bonds is 5. The van der Waals surface area contributed by atoms with Crippen molar-refractivity contribution in [3.63, 3.8) is 0 Å². The number of nitrogen functional groups attached to an aromatic ring is 1. The minimum absolute atomic E-state index is 0.0315. The zero-order chi connectivity index (χ0) is 19.8. The molecule has 1 atom stereocenters. The molecule has 3 aromatic rings. The van der Waals surface area contributed by atoms with Crippen LogP contribution in [0.25, 0.3) is 0 Å². The summed E-state index contributed by atoms with van der Waals surface area (Å²) in [7, 11) is 0. The van der Waals surface area contributed by atoms with E-state index in [0.29, 0.717) is 16.1 Å². The smallest absolute Gasteiger partial charge is 0.272 e. The molecule has 8 nitrogen and oxygen atoms in total. The van der Waals surface area contributed by atoms with E-state index in [2.05, 4.69) is 15.2 Å². The van der Waals surface area contributed by atoms with E-state index in [0.717, 1.165) is 4.68 Å². The molecule has 0 spiro atoms. The maximum Gasteiger partial charge on any atom is 0.272 e. The number of hydrogen-bond acceptors (Lipinski definition) is 7. The van der Waals surface area contributed by atoms with Gasteiger partial charge in [0.2, 0.25) is 5.89 Å². The zero-order valence-corrected chi connectivity index (χ0v) is 13.9. The number of halogens is 1. The fraction of sp³-hybridized carbons (Fsp3) is 0.250. The predicted molar refractivity (Wildman–Crippen MR) is 91.2 cm³/mol. The van der Waals surface area contributed by atoms with Gasteiger partial charge in [-0.25, -0.2) is 4.68 Å². The van der Waals surface area contributed by atoms with Gasteiger partial charge in [-0.15, -0.1) is 0 Å². The summed E-state index contributed by atoms with van der Waals surface area (Å²) in [6.07, 6.45) is -2.54. The van der Waals surface area contributed by atoms with Crippen molar-refractivity contribution >= 4 is 17.3 Å². The van der Waals surface area contributed by atoms with Crippen LogP contribution in [0.15, 0.2) is 39.8 Å². The summed E-state index contributed by atoms with van der Waals surface area (Å²) >= 11 is 5.80. The normalized spacial score (nSPS) is 14.0. The number of aliphatic hydroxyl groups excluding tert-OH is 1. The first-order valence-electron chi connectivity index (χ1n) is 8.29. The molecular weight excluding hydrogens is 346 g/mol. The van der Waals surface area contributed by atoms with Crippen LogP contribution in [-0.2, 0) is 12.9 Å². The van der Waals surface area contributed by atoms with Crippen molar-refractivity contribution in [1.29, 1.82) is 0 Å². The molecular formula is C16H16ClN5O3. The largest absolute Gasteiger partial charge is 0.397 e. The molecule has 25 heavy (non-hydrogen) atoms. The molecule has 9 heteroatoms. The molecule has 0 saturated heterocycles. The molecule has 0 aliphatic heterocycles. The fourth-order valence-electron chi connectivity index (χ4n) is 2.07. The minimum atomic E-state index is -2.33. The number of aromatic nitrogens is 4. The van der Waals surface area contributed by atoms with Crippen LogP contribution in [0.2, 0.25) is 5.02 Å². The number of benzene rings is 1. The fourth-order valence-corrected chi connectivity index (χ4v) is 2.19. The van der Waals surface area contributed by atoms with E-state index >= 15 is 0 Å². The Morgan fingerprint density at radius 3 is 2.88 bits per heavy atom. The van der Waals surface area contributed by atoms with Crippen LogP contribution in [0.1, 0.15) is 31.7 Å². The van der Waals surface area contributed by atoms with Crippen molar-refractivity contribution in [1.82, 2.24) is 19.9 Å². The van der Waals surface area contributed by atoms with Crippen molar-refractivity contribution in [2.24, 2.45) is 0 Å². The van der Waals surface area contributed by atoms with E-state index in [9.17, 15) is 9.90 Å². The van der Waals surface area contributed by atoms with Crippen molar-refractivity contribution in [2.45, 2.75) is 25.9 Å². The Morgan fingerprint density at radius 2 is 2.16 bits per heavy atom. The highest BCUT2D eigenvalue weighted by atomic mass is 35.5. The first kappa shape index (κ1) is 14.6. The van der Waals surface area contributed by atoms with E-state index in [1.165, 1.54) is 18.3 Å². The highest BCUT2D eigenvalue weighted by molar-refractivity contribution is 6.30. The molecule has 0 unspecified atom stereocenters. The van der Waals surface area contributed by atoms with Gasteiger partial charge in [0.1, 0.15) is 6.54 Å². The van der Waals surface area contributed by atoms with Gasteiger partial charge in [0.15, 0.2) is 5.82 Å². The van der Waals surface area contributed by atoms with E-state index in [4.69, 9.17) is 24.6 Å². The first-order chi connectivity index (χ1) is 12.7. The lowest BCUT2D eigenvalue weighted by Crippen LogP contribution is -2.26. The topological polar surface area (TPSA) is 120 Å². The maximum absolute atomic E-state index is 12.1. The monoisotopic (exact) mass is 363 g/mol. The summed E-state index contributed by atoms with van der Waals surface area (Å²) in [4.78, 5) is 16.1. The summed E-state index contributed by atoms with van der Waals surface area (Å²) in [5, 5.41) is 18.3. The predicted octanol–water partition coefficient (Wildman–Crippen LogP) is 1.49. The van der Waals surface area contributed by atoms with Crippen molar-refractivity contribution in [3.8, 4) is 0 Å². The molecule has 1 aromatic carbocycles. The number of aliphatic hydroxyl groups is 1. The van der Waals surface area contributed by atoms with Gasteiger partial charge in [0.25, 0.3) is 5.56 Å². The summed E-state index contributed by atoms with van der Waals surface area (Å²) in [5.74, 6) is -0.379. The Kier molecular flexibility index (Phi) is 4.12. The van der Waals surface area contributed by atoms with Gasteiger partial charge in [-0.2, -0.15) is 10.1 Å². The van der Waals surface area contributed by atoms with Crippen LogP contribution in [0.4, 0.5) is 5.69 Å². The molecule has 130 valence electrons. The van der Waals surface area contributed by atoms with Crippen LogP contribution in [-0.4, -0.2) is 25.0 Å². The van der Waals surface area contributed by atoms with Crippen LogP contribution >= 0.6 is 11.6 Å². The molecule has 2 aromatic heterocycles. The van der Waals surface area contributed by atoms with Gasteiger partial charge < -0.3 is 15.4 Å². The first-order valence-corrected chi connectivity index (χ1v) is 7.66. The highest BCUT2D eigenvalue weighted by Gasteiger charge is 2.15. The van der Waals surface area contributed by atoms with Crippen molar-refractivity contribution in [3.05, 3.63) is 68.7 Å². The van der Waals surface area contributed by atoms with Crippen LogP contribution in [0.5, 0.6) is 0 Å². The summed E-state index contributed by atoms with van der Waals surface area (Å²) in [6.45, 7) is 1.41. The van der Waals surface area contributed by atoms with Crippen LogP contribution in [0.3, 0.4) is 0 Å². The van der Waals surface area contributed by atoms with Gasteiger partial charge in [0.05, 0.1) is 18.0 Å². The van der Waals surface area contributed by atoms with E-state index in [-0.39, 0.29) is 23.9 Å². The lowest BCUT2D eigenvalue weighted by molar-refractivity contribution is 0.174. The number of nitrogens with zero attached hydrogens (tertiary/aromatic N) is 4. The standard InChI is InChI=1S/C16H16ClN5O3/c1-9-12(18)7-19-22(16(9)24)8-15-20-14(21-25-15)6-13(23)10-2-4-11(17)5-3-10/h2-5,7,13,23H,6,8,18H2,1H3/t13-/m0/s1/i6D2. The summed E-state index contributed by atoms with van der Waals surface area (Å²) < 4.78 is 22.4. The minimum Gasteiger partial charge on any atom is -0.397 e. The third-order valence-electron chi connectivity index (χ3n) is 3.53. The molecule has 3 N–H and O–H groups in total. The Labute approximate surface area is 150 Å². The maximum atomic E-state index is 12.1. The molecule has 2 heterocycles. The molecule has 0 amide bonds. The zero-order valence-electron chi connectivity index (χ0n) is 15.2.